The highest BCUT2D eigenvalue weighted by Crippen LogP contribution is 2.24. The number of benzene rings is 2. The van der Waals surface area contributed by atoms with Gasteiger partial charge in [-0.2, -0.15) is 0 Å². The Balaban J connectivity index is 2.22. The average molecular weight is 293 g/mol. The number of para-hydroxylation sites is 1. The molecule has 3 N–H and O–H groups in total. The number of phenols is 1. The van der Waals surface area contributed by atoms with Gasteiger partial charge in [0.2, 0.25) is 0 Å². The maximum Gasteiger partial charge on any atom is 0.265 e. The standard InChI is InChI=1S/C14H15NO4S/c16-10-9-11-5-7-12(8-6-11)15-20(18,19)14-4-2-1-3-13(14)17/h1-8,15-17H,9-10H2. The van der Waals surface area contributed by atoms with Gasteiger partial charge >= 0.3 is 0 Å². The molecule has 0 heterocycles. The minimum Gasteiger partial charge on any atom is -0.507 e. The van der Waals surface area contributed by atoms with Gasteiger partial charge in [0.15, 0.2) is 0 Å². The zero-order valence-electron chi connectivity index (χ0n) is 10.7. The Bertz CT molecular complexity index is 681. The fraction of sp³-hybridized carbons (Fsp3) is 0.143. The summed E-state index contributed by atoms with van der Waals surface area (Å²) >= 11 is 0. The lowest BCUT2D eigenvalue weighted by atomic mass is 10.1. The van der Waals surface area contributed by atoms with Crippen molar-refractivity contribution in [1.82, 2.24) is 0 Å². The summed E-state index contributed by atoms with van der Waals surface area (Å²) in [5.41, 5.74) is 1.31. The highest BCUT2D eigenvalue weighted by atomic mass is 32.2. The van der Waals surface area contributed by atoms with E-state index in [1.807, 2.05) is 0 Å². The molecule has 0 aliphatic rings. The van der Waals surface area contributed by atoms with Crippen LogP contribution in [0.4, 0.5) is 5.69 Å². The zero-order valence-corrected chi connectivity index (χ0v) is 11.5. The van der Waals surface area contributed by atoms with Crippen LogP contribution in [0.25, 0.3) is 0 Å². The first-order valence-corrected chi connectivity index (χ1v) is 7.52. The van der Waals surface area contributed by atoms with Crippen LogP contribution >= 0.6 is 0 Å². The van der Waals surface area contributed by atoms with Gasteiger partial charge in [-0.25, -0.2) is 8.42 Å². The van der Waals surface area contributed by atoms with E-state index in [2.05, 4.69) is 4.72 Å². The lowest BCUT2D eigenvalue weighted by molar-refractivity contribution is 0.299. The first kappa shape index (κ1) is 14.4. The molecule has 2 rings (SSSR count). The Kier molecular flexibility index (Phi) is 4.26. The first-order chi connectivity index (χ1) is 9.53. The third-order valence-corrected chi connectivity index (χ3v) is 4.19. The van der Waals surface area contributed by atoms with E-state index in [4.69, 9.17) is 5.11 Å². The van der Waals surface area contributed by atoms with E-state index in [-0.39, 0.29) is 17.3 Å². The van der Waals surface area contributed by atoms with E-state index >= 15 is 0 Å². The maximum absolute atomic E-state index is 12.1. The number of hydrogen-bond donors (Lipinski definition) is 3. The SMILES string of the molecule is O=S(=O)(Nc1ccc(CCO)cc1)c1ccccc1O. The van der Waals surface area contributed by atoms with Crippen molar-refractivity contribution in [2.24, 2.45) is 0 Å². The van der Waals surface area contributed by atoms with Crippen LogP contribution in [-0.4, -0.2) is 25.2 Å². The molecule has 0 saturated carbocycles. The molecule has 0 radical (unpaired) electrons. The smallest absolute Gasteiger partial charge is 0.265 e. The molecule has 0 amide bonds. The molecule has 0 saturated heterocycles. The van der Waals surface area contributed by atoms with Gasteiger partial charge in [-0.3, -0.25) is 4.72 Å². The Morgan fingerprint density at radius 3 is 2.25 bits per heavy atom. The molecule has 6 heteroatoms. The van der Waals surface area contributed by atoms with Crippen molar-refractivity contribution in [3.05, 3.63) is 54.1 Å². The van der Waals surface area contributed by atoms with Gasteiger partial charge in [0.1, 0.15) is 10.6 Å². The number of nitrogens with one attached hydrogen (secondary N) is 1. The molecule has 106 valence electrons. The van der Waals surface area contributed by atoms with E-state index in [1.54, 1.807) is 36.4 Å². The van der Waals surface area contributed by atoms with Gasteiger partial charge in [-0.15, -0.1) is 0 Å². The molecule has 0 bridgehead atoms. The number of aliphatic hydroxyl groups excluding tert-OH is 1. The fourth-order valence-corrected chi connectivity index (χ4v) is 2.92. The van der Waals surface area contributed by atoms with Gasteiger partial charge in [-0.05, 0) is 36.2 Å². The second-order valence-corrected chi connectivity index (χ2v) is 5.89. The quantitative estimate of drug-likeness (QED) is 0.783. The molecular weight excluding hydrogens is 278 g/mol. The van der Waals surface area contributed by atoms with Crippen molar-refractivity contribution < 1.29 is 18.6 Å². The number of hydrogen-bond acceptors (Lipinski definition) is 4. The Hall–Kier alpha value is -2.05. The summed E-state index contributed by atoms with van der Waals surface area (Å²) in [5, 5.41) is 18.4. The highest BCUT2D eigenvalue weighted by molar-refractivity contribution is 7.92. The van der Waals surface area contributed by atoms with Crippen LogP contribution in [0.15, 0.2) is 53.4 Å². The number of sulfonamides is 1. The van der Waals surface area contributed by atoms with Crippen LogP contribution in [0.3, 0.4) is 0 Å². The molecule has 0 aliphatic heterocycles. The molecular formula is C14H15NO4S. The van der Waals surface area contributed by atoms with E-state index in [0.717, 1.165) is 5.56 Å². The van der Waals surface area contributed by atoms with Crippen molar-refractivity contribution >= 4 is 15.7 Å². The predicted octanol–water partition coefficient (Wildman–Crippen LogP) is 1.73. The van der Waals surface area contributed by atoms with Crippen molar-refractivity contribution in [3.63, 3.8) is 0 Å². The second kappa shape index (κ2) is 5.94. The molecule has 20 heavy (non-hydrogen) atoms. The van der Waals surface area contributed by atoms with E-state index < -0.39 is 10.0 Å². The van der Waals surface area contributed by atoms with Crippen LogP contribution < -0.4 is 4.72 Å². The minimum atomic E-state index is -3.82. The van der Waals surface area contributed by atoms with E-state index in [9.17, 15) is 13.5 Å². The second-order valence-electron chi connectivity index (χ2n) is 4.24. The third-order valence-electron chi connectivity index (χ3n) is 2.76. The Morgan fingerprint density at radius 2 is 1.65 bits per heavy atom. The molecule has 5 nitrogen and oxygen atoms in total. The number of aliphatic hydroxyl groups is 1. The fourth-order valence-electron chi connectivity index (χ4n) is 1.76. The summed E-state index contributed by atoms with van der Waals surface area (Å²) in [5.74, 6) is -0.295. The van der Waals surface area contributed by atoms with Gasteiger partial charge in [-0.1, -0.05) is 24.3 Å². The molecule has 0 aliphatic carbocycles. The normalized spacial score (nSPS) is 11.2. The zero-order chi connectivity index (χ0) is 14.6. The summed E-state index contributed by atoms with van der Waals surface area (Å²) in [6.45, 7) is 0.0446. The van der Waals surface area contributed by atoms with Gasteiger partial charge in [0.05, 0.1) is 0 Å². The van der Waals surface area contributed by atoms with Crippen LogP contribution in [-0.2, 0) is 16.4 Å². The Labute approximate surface area is 117 Å². The third kappa shape index (κ3) is 3.28. The first-order valence-electron chi connectivity index (χ1n) is 6.03. The van der Waals surface area contributed by atoms with Crippen LogP contribution in [0.1, 0.15) is 5.56 Å². The van der Waals surface area contributed by atoms with E-state index in [0.29, 0.717) is 12.1 Å². The van der Waals surface area contributed by atoms with Gasteiger partial charge in [0, 0.05) is 12.3 Å². The van der Waals surface area contributed by atoms with E-state index in [1.165, 1.54) is 12.1 Å². The van der Waals surface area contributed by atoms with Gasteiger partial charge in [0.25, 0.3) is 10.0 Å². The molecule has 0 unspecified atom stereocenters. The number of aromatic hydroxyl groups is 1. The molecule has 0 aromatic heterocycles. The van der Waals surface area contributed by atoms with Crippen molar-refractivity contribution in [3.8, 4) is 5.75 Å². The summed E-state index contributed by atoms with van der Waals surface area (Å²) < 4.78 is 26.6. The average Bonchev–Trinajstić information content (AvgIpc) is 2.41. The maximum atomic E-state index is 12.1. The topological polar surface area (TPSA) is 86.6 Å². The summed E-state index contributed by atoms with van der Waals surface area (Å²) in [6.07, 6.45) is 0.520. The largest absolute Gasteiger partial charge is 0.507 e. The van der Waals surface area contributed by atoms with Crippen LogP contribution in [0, 0.1) is 0 Å². The van der Waals surface area contributed by atoms with Crippen LogP contribution in [0.5, 0.6) is 5.75 Å². The monoisotopic (exact) mass is 293 g/mol. The predicted molar refractivity (Wildman–Crippen MR) is 76.1 cm³/mol. The van der Waals surface area contributed by atoms with Crippen molar-refractivity contribution in [2.75, 3.05) is 11.3 Å². The summed E-state index contributed by atoms with van der Waals surface area (Å²) in [4.78, 5) is -0.167. The van der Waals surface area contributed by atoms with Crippen molar-refractivity contribution in [1.29, 1.82) is 0 Å². The Morgan fingerprint density at radius 1 is 1.00 bits per heavy atom. The molecule has 0 fully saturated rings. The van der Waals surface area contributed by atoms with Gasteiger partial charge < -0.3 is 10.2 Å². The lowest BCUT2D eigenvalue weighted by Crippen LogP contribution is -2.13. The molecule has 2 aromatic carbocycles. The van der Waals surface area contributed by atoms with Crippen LogP contribution in [0.2, 0.25) is 0 Å². The highest BCUT2D eigenvalue weighted by Gasteiger charge is 2.17. The number of anilines is 1. The number of rotatable bonds is 5. The number of phenolic OH excluding ortho intramolecular Hbond substituents is 1. The molecule has 2 aromatic rings. The molecule has 0 spiro atoms. The summed E-state index contributed by atoms with van der Waals surface area (Å²) in [6, 6.07) is 12.4. The molecule has 0 atom stereocenters. The lowest BCUT2D eigenvalue weighted by Gasteiger charge is -2.09. The minimum absolute atomic E-state index is 0.0446. The van der Waals surface area contributed by atoms with Crippen molar-refractivity contribution in [2.45, 2.75) is 11.3 Å². The summed E-state index contributed by atoms with van der Waals surface area (Å²) in [7, 11) is -3.82.